The molecule has 1 unspecified atom stereocenters. The highest BCUT2D eigenvalue weighted by Crippen LogP contribution is 2.38. The van der Waals surface area contributed by atoms with Gasteiger partial charge in [-0.05, 0) is 23.6 Å². The molecule has 2 N–H and O–H groups in total. The Balaban J connectivity index is 2.07. The summed E-state index contributed by atoms with van der Waals surface area (Å²) in [4.78, 5) is 0. The van der Waals surface area contributed by atoms with Gasteiger partial charge in [-0.3, -0.25) is 0 Å². The lowest BCUT2D eigenvalue weighted by Gasteiger charge is -2.22. The first kappa shape index (κ1) is 14.4. The van der Waals surface area contributed by atoms with Crippen LogP contribution in [0.5, 0.6) is 11.5 Å². The second-order valence-electron chi connectivity index (χ2n) is 5.02. The normalized spacial score (nSPS) is 15.6. The van der Waals surface area contributed by atoms with E-state index in [9.17, 15) is 5.11 Å². The molecule has 1 aromatic carbocycles. The van der Waals surface area contributed by atoms with Gasteiger partial charge in [-0.15, -0.1) is 0 Å². The van der Waals surface area contributed by atoms with Crippen molar-refractivity contribution in [3.8, 4) is 11.5 Å². The van der Waals surface area contributed by atoms with Crippen LogP contribution in [0.2, 0.25) is 5.02 Å². The Morgan fingerprint density at radius 3 is 2.74 bits per heavy atom. The number of hydrogen-bond donors (Lipinski definition) is 2. The molecule has 2 rings (SSSR count). The molecule has 5 heteroatoms. The van der Waals surface area contributed by atoms with E-state index in [0.29, 0.717) is 42.2 Å². The van der Waals surface area contributed by atoms with Gasteiger partial charge in [-0.1, -0.05) is 25.4 Å². The van der Waals surface area contributed by atoms with Crippen molar-refractivity contribution in [3.63, 3.8) is 0 Å². The minimum Gasteiger partial charge on any atom is -0.486 e. The van der Waals surface area contributed by atoms with Crippen LogP contribution < -0.4 is 14.8 Å². The molecular formula is C14H20ClNO3. The molecule has 0 aliphatic carbocycles. The second-order valence-corrected chi connectivity index (χ2v) is 5.42. The molecular weight excluding hydrogens is 266 g/mol. The highest BCUT2D eigenvalue weighted by Gasteiger charge is 2.17. The first-order chi connectivity index (χ1) is 9.11. The molecule has 0 amide bonds. The summed E-state index contributed by atoms with van der Waals surface area (Å²) in [6.07, 6.45) is 0. The fourth-order valence-electron chi connectivity index (χ4n) is 2.03. The average molecular weight is 286 g/mol. The molecule has 0 saturated heterocycles. The van der Waals surface area contributed by atoms with Crippen molar-refractivity contribution in [2.75, 3.05) is 19.8 Å². The molecule has 1 aliphatic rings. The van der Waals surface area contributed by atoms with Crippen molar-refractivity contribution in [2.45, 2.75) is 26.4 Å². The van der Waals surface area contributed by atoms with Crippen molar-refractivity contribution in [1.29, 1.82) is 0 Å². The molecule has 0 aromatic heterocycles. The van der Waals surface area contributed by atoms with Crippen LogP contribution in [0.25, 0.3) is 0 Å². The number of benzene rings is 1. The van der Waals surface area contributed by atoms with Crippen LogP contribution in [-0.4, -0.2) is 31.0 Å². The maximum absolute atomic E-state index is 9.29. The van der Waals surface area contributed by atoms with Gasteiger partial charge in [0.15, 0.2) is 11.5 Å². The molecule has 0 spiro atoms. The van der Waals surface area contributed by atoms with Crippen molar-refractivity contribution in [1.82, 2.24) is 5.32 Å². The van der Waals surface area contributed by atoms with Gasteiger partial charge in [-0.2, -0.15) is 0 Å². The van der Waals surface area contributed by atoms with E-state index in [-0.39, 0.29) is 12.6 Å². The van der Waals surface area contributed by atoms with Crippen molar-refractivity contribution < 1.29 is 14.6 Å². The third-order valence-electron chi connectivity index (χ3n) is 3.23. The molecule has 1 atom stereocenters. The fraction of sp³-hybridized carbons (Fsp3) is 0.571. The van der Waals surface area contributed by atoms with Crippen molar-refractivity contribution >= 4 is 11.6 Å². The van der Waals surface area contributed by atoms with E-state index >= 15 is 0 Å². The van der Waals surface area contributed by atoms with Gasteiger partial charge in [0, 0.05) is 12.6 Å². The summed E-state index contributed by atoms with van der Waals surface area (Å²) in [6.45, 7) is 5.99. The van der Waals surface area contributed by atoms with E-state index in [4.69, 9.17) is 21.1 Å². The SMILES string of the molecule is CC(C)C(CO)NCc1cc(Cl)c2c(c1)OCCO2. The second kappa shape index (κ2) is 6.46. The van der Waals surface area contributed by atoms with Gasteiger partial charge in [0.1, 0.15) is 13.2 Å². The summed E-state index contributed by atoms with van der Waals surface area (Å²) in [6, 6.07) is 3.88. The maximum Gasteiger partial charge on any atom is 0.179 e. The molecule has 4 nitrogen and oxygen atoms in total. The number of rotatable bonds is 5. The Bertz CT molecular complexity index is 437. The number of halogens is 1. The molecule has 19 heavy (non-hydrogen) atoms. The quantitative estimate of drug-likeness (QED) is 0.871. The van der Waals surface area contributed by atoms with E-state index in [1.54, 1.807) is 0 Å². The third-order valence-corrected chi connectivity index (χ3v) is 3.51. The van der Waals surface area contributed by atoms with Crippen LogP contribution in [-0.2, 0) is 6.54 Å². The summed E-state index contributed by atoms with van der Waals surface area (Å²) in [5.74, 6) is 1.69. The minimum atomic E-state index is 0.0759. The van der Waals surface area contributed by atoms with Crippen molar-refractivity contribution in [3.05, 3.63) is 22.7 Å². The van der Waals surface area contributed by atoms with Gasteiger partial charge in [-0.25, -0.2) is 0 Å². The lowest BCUT2D eigenvalue weighted by molar-refractivity contribution is 0.171. The molecule has 0 fully saturated rings. The highest BCUT2D eigenvalue weighted by atomic mass is 35.5. The zero-order chi connectivity index (χ0) is 13.8. The number of nitrogens with one attached hydrogen (secondary N) is 1. The van der Waals surface area contributed by atoms with Gasteiger partial charge < -0.3 is 19.9 Å². The zero-order valence-electron chi connectivity index (χ0n) is 11.3. The first-order valence-corrected chi connectivity index (χ1v) is 6.92. The van der Waals surface area contributed by atoms with Crippen LogP contribution in [0.3, 0.4) is 0 Å². The molecule has 1 heterocycles. The Labute approximate surface area is 118 Å². The number of aliphatic hydroxyl groups excluding tert-OH is 1. The van der Waals surface area contributed by atoms with Crippen molar-refractivity contribution in [2.24, 2.45) is 5.92 Å². The Morgan fingerprint density at radius 1 is 1.32 bits per heavy atom. The average Bonchev–Trinajstić information content (AvgIpc) is 2.39. The van der Waals surface area contributed by atoms with Crippen LogP contribution in [0, 0.1) is 5.92 Å². The molecule has 1 aliphatic heterocycles. The number of fused-ring (bicyclic) bond motifs is 1. The van der Waals surface area contributed by atoms with Crippen LogP contribution in [0.15, 0.2) is 12.1 Å². The topological polar surface area (TPSA) is 50.7 Å². The fourth-order valence-corrected chi connectivity index (χ4v) is 2.31. The summed E-state index contributed by atoms with van der Waals surface area (Å²) < 4.78 is 11.0. The Hall–Kier alpha value is -0.970. The Kier molecular flexibility index (Phi) is 4.91. The summed E-state index contributed by atoms with van der Waals surface area (Å²) >= 11 is 6.18. The monoisotopic (exact) mass is 285 g/mol. The highest BCUT2D eigenvalue weighted by molar-refractivity contribution is 6.32. The van der Waals surface area contributed by atoms with E-state index < -0.39 is 0 Å². The first-order valence-electron chi connectivity index (χ1n) is 6.54. The standard InChI is InChI=1S/C14H20ClNO3/c1-9(2)12(8-17)16-7-10-5-11(15)14-13(6-10)18-3-4-19-14/h5-6,9,12,16-17H,3-4,7-8H2,1-2H3. The van der Waals surface area contributed by atoms with Gasteiger partial charge in [0.2, 0.25) is 0 Å². The number of aliphatic hydroxyl groups is 1. The van der Waals surface area contributed by atoms with Crippen LogP contribution in [0.4, 0.5) is 0 Å². The summed E-state index contributed by atoms with van der Waals surface area (Å²) in [7, 11) is 0. The van der Waals surface area contributed by atoms with E-state index in [2.05, 4.69) is 19.2 Å². The van der Waals surface area contributed by atoms with Gasteiger partial charge in [0.05, 0.1) is 11.6 Å². The maximum atomic E-state index is 9.29. The van der Waals surface area contributed by atoms with E-state index in [0.717, 1.165) is 5.56 Å². The smallest absolute Gasteiger partial charge is 0.179 e. The Morgan fingerprint density at radius 2 is 2.05 bits per heavy atom. The minimum absolute atomic E-state index is 0.0759. The number of ether oxygens (including phenoxy) is 2. The lowest BCUT2D eigenvalue weighted by Crippen LogP contribution is -2.36. The van der Waals surface area contributed by atoms with Gasteiger partial charge in [0.25, 0.3) is 0 Å². The lowest BCUT2D eigenvalue weighted by atomic mass is 10.0. The third kappa shape index (κ3) is 3.53. The largest absolute Gasteiger partial charge is 0.486 e. The van der Waals surface area contributed by atoms with Gasteiger partial charge >= 0.3 is 0 Å². The molecule has 1 aromatic rings. The molecule has 0 radical (unpaired) electrons. The molecule has 0 bridgehead atoms. The predicted octanol–water partition coefficient (Wildman–Crippen LogP) is 2.22. The van der Waals surface area contributed by atoms with Crippen LogP contribution >= 0.6 is 11.6 Å². The van der Waals surface area contributed by atoms with E-state index in [1.807, 2.05) is 12.1 Å². The summed E-state index contributed by atoms with van der Waals surface area (Å²) in [5.41, 5.74) is 1.02. The molecule has 0 saturated carbocycles. The van der Waals surface area contributed by atoms with Crippen LogP contribution in [0.1, 0.15) is 19.4 Å². The summed E-state index contributed by atoms with van der Waals surface area (Å²) in [5, 5.41) is 13.2. The predicted molar refractivity (Wildman–Crippen MR) is 75.0 cm³/mol. The number of hydrogen-bond acceptors (Lipinski definition) is 4. The zero-order valence-corrected chi connectivity index (χ0v) is 12.0. The van der Waals surface area contributed by atoms with E-state index in [1.165, 1.54) is 0 Å². The molecule has 106 valence electrons.